The van der Waals surface area contributed by atoms with E-state index in [4.69, 9.17) is 10.5 Å². The average molecular weight is 240 g/mol. The second-order valence-corrected chi connectivity index (χ2v) is 6.72. The third kappa shape index (κ3) is 2.67. The van der Waals surface area contributed by atoms with Crippen LogP contribution >= 0.6 is 0 Å². The lowest BCUT2D eigenvalue weighted by atomic mass is 9.78. The van der Waals surface area contributed by atoms with Crippen molar-refractivity contribution in [2.45, 2.75) is 57.6 Å². The number of ether oxygens (including phenoxy) is 1. The molecule has 0 spiro atoms. The van der Waals surface area contributed by atoms with Gasteiger partial charge < -0.3 is 10.5 Å². The minimum atomic E-state index is 0.215. The minimum absolute atomic E-state index is 0.215. The molecule has 0 amide bonds. The van der Waals surface area contributed by atoms with E-state index in [9.17, 15) is 0 Å². The fourth-order valence-electron chi connectivity index (χ4n) is 3.61. The molecule has 2 fully saturated rings. The molecule has 0 aromatic carbocycles. The van der Waals surface area contributed by atoms with Gasteiger partial charge in [0, 0.05) is 25.7 Å². The molecule has 2 rings (SSSR count). The topological polar surface area (TPSA) is 38.5 Å². The third-order valence-corrected chi connectivity index (χ3v) is 4.84. The summed E-state index contributed by atoms with van der Waals surface area (Å²) in [6, 6.07) is 0. The van der Waals surface area contributed by atoms with Gasteiger partial charge in [-0.1, -0.05) is 13.8 Å². The third-order valence-electron chi connectivity index (χ3n) is 4.84. The van der Waals surface area contributed by atoms with Crippen LogP contribution in [0.15, 0.2) is 0 Å². The van der Waals surface area contributed by atoms with Crippen molar-refractivity contribution in [1.82, 2.24) is 4.90 Å². The summed E-state index contributed by atoms with van der Waals surface area (Å²) in [5.41, 5.74) is 6.80. The van der Waals surface area contributed by atoms with Gasteiger partial charge in [0.2, 0.25) is 0 Å². The standard InChI is InChI=1S/C14H28N2O/c1-13(2)7-8-16(11-13)14(10-15)6-4-5-12(9-14)17-3/h12H,4-11,15H2,1-3H3. The lowest BCUT2D eigenvalue weighted by Crippen LogP contribution is -2.56. The number of methoxy groups -OCH3 is 1. The number of hydrogen-bond acceptors (Lipinski definition) is 3. The Morgan fingerprint density at radius 2 is 2.12 bits per heavy atom. The maximum Gasteiger partial charge on any atom is 0.0589 e. The summed E-state index contributed by atoms with van der Waals surface area (Å²) in [5.74, 6) is 0. The van der Waals surface area contributed by atoms with E-state index < -0.39 is 0 Å². The molecule has 0 bridgehead atoms. The van der Waals surface area contributed by atoms with E-state index in [0.717, 1.165) is 13.0 Å². The van der Waals surface area contributed by atoms with Crippen LogP contribution in [0.4, 0.5) is 0 Å². The van der Waals surface area contributed by atoms with Crippen molar-refractivity contribution >= 4 is 0 Å². The first-order valence-electron chi connectivity index (χ1n) is 6.99. The average Bonchev–Trinajstić information content (AvgIpc) is 2.70. The maximum absolute atomic E-state index is 6.13. The first-order valence-corrected chi connectivity index (χ1v) is 6.99. The fraction of sp³-hybridized carbons (Fsp3) is 1.00. The van der Waals surface area contributed by atoms with Crippen molar-refractivity contribution in [3.05, 3.63) is 0 Å². The van der Waals surface area contributed by atoms with Crippen LogP contribution in [0.1, 0.15) is 46.0 Å². The summed E-state index contributed by atoms with van der Waals surface area (Å²) in [6.45, 7) is 7.92. The molecule has 0 aromatic heterocycles. The molecule has 17 heavy (non-hydrogen) atoms. The molecule has 0 aromatic rings. The van der Waals surface area contributed by atoms with Crippen LogP contribution in [-0.2, 0) is 4.74 Å². The number of nitrogens with two attached hydrogens (primary N) is 1. The van der Waals surface area contributed by atoms with Crippen molar-refractivity contribution < 1.29 is 4.74 Å². The van der Waals surface area contributed by atoms with E-state index in [1.807, 2.05) is 7.11 Å². The summed E-state index contributed by atoms with van der Waals surface area (Å²) in [4.78, 5) is 2.65. The molecule has 1 aliphatic heterocycles. The highest BCUT2D eigenvalue weighted by Gasteiger charge is 2.44. The van der Waals surface area contributed by atoms with Crippen LogP contribution in [0.5, 0.6) is 0 Å². The largest absolute Gasteiger partial charge is 0.381 e. The van der Waals surface area contributed by atoms with Gasteiger partial charge in [-0.15, -0.1) is 0 Å². The normalized spacial score (nSPS) is 38.5. The zero-order valence-electron chi connectivity index (χ0n) is 11.7. The summed E-state index contributed by atoms with van der Waals surface area (Å²) in [6.07, 6.45) is 6.54. The van der Waals surface area contributed by atoms with Crippen LogP contribution in [-0.4, -0.2) is 43.3 Å². The molecule has 1 saturated carbocycles. The zero-order valence-corrected chi connectivity index (χ0v) is 11.7. The maximum atomic E-state index is 6.13. The fourth-order valence-corrected chi connectivity index (χ4v) is 3.61. The molecule has 3 heteroatoms. The summed E-state index contributed by atoms with van der Waals surface area (Å²) in [7, 11) is 1.84. The van der Waals surface area contributed by atoms with Crippen LogP contribution in [0.25, 0.3) is 0 Å². The smallest absolute Gasteiger partial charge is 0.0589 e. The summed E-state index contributed by atoms with van der Waals surface area (Å²) >= 11 is 0. The molecule has 1 heterocycles. The monoisotopic (exact) mass is 240 g/mol. The highest BCUT2D eigenvalue weighted by molar-refractivity contribution is 5.01. The molecule has 2 atom stereocenters. The second-order valence-electron chi connectivity index (χ2n) is 6.72. The Bertz CT molecular complexity index is 267. The summed E-state index contributed by atoms with van der Waals surface area (Å²) in [5, 5.41) is 0. The van der Waals surface area contributed by atoms with Crippen molar-refractivity contribution in [1.29, 1.82) is 0 Å². The Morgan fingerprint density at radius 1 is 1.35 bits per heavy atom. The van der Waals surface area contributed by atoms with Crippen LogP contribution in [0.3, 0.4) is 0 Å². The predicted octanol–water partition coefficient (Wildman–Crippen LogP) is 2.00. The van der Waals surface area contributed by atoms with Gasteiger partial charge in [-0.25, -0.2) is 0 Å². The first kappa shape index (κ1) is 13.3. The molecule has 1 aliphatic carbocycles. The van der Waals surface area contributed by atoms with Gasteiger partial charge in [0.25, 0.3) is 0 Å². The lowest BCUT2D eigenvalue weighted by molar-refractivity contribution is -0.0160. The highest BCUT2D eigenvalue weighted by Crippen LogP contribution is 2.40. The van der Waals surface area contributed by atoms with E-state index in [0.29, 0.717) is 11.5 Å². The highest BCUT2D eigenvalue weighted by atomic mass is 16.5. The van der Waals surface area contributed by atoms with Gasteiger partial charge >= 0.3 is 0 Å². The summed E-state index contributed by atoms with van der Waals surface area (Å²) < 4.78 is 5.58. The van der Waals surface area contributed by atoms with E-state index in [1.165, 1.54) is 38.8 Å². The number of rotatable bonds is 3. The molecule has 3 nitrogen and oxygen atoms in total. The molecular weight excluding hydrogens is 212 g/mol. The van der Waals surface area contributed by atoms with Crippen LogP contribution < -0.4 is 5.73 Å². The molecular formula is C14H28N2O. The molecule has 2 N–H and O–H groups in total. The molecule has 2 unspecified atom stereocenters. The molecule has 100 valence electrons. The van der Waals surface area contributed by atoms with Crippen LogP contribution in [0.2, 0.25) is 0 Å². The van der Waals surface area contributed by atoms with E-state index >= 15 is 0 Å². The Balaban J connectivity index is 2.09. The van der Waals surface area contributed by atoms with Gasteiger partial charge in [-0.05, 0) is 44.1 Å². The number of hydrogen-bond donors (Lipinski definition) is 1. The molecule has 2 aliphatic rings. The van der Waals surface area contributed by atoms with Gasteiger partial charge in [-0.3, -0.25) is 4.90 Å². The van der Waals surface area contributed by atoms with E-state index in [2.05, 4.69) is 18.7 Å². The van der Waals surface area contributed by atoms with Crippen molar-refractivity contribution in [2.75, 3.05) is 26.7 Å². The van der Waals surface area contributed by atoms with Crippen molar-refractivity contribution in [3.8, 4) is 0 Å². The number of nitrogens with zero attached hydrogens (tertiary/aromatic N) is 1. The Morgan fingerprint density at radius 3 is 2.65 bits per heavy atom. The van der Waals surface area contributed by atoms with Crippen LogP contribution in [0, 0.1) is 5.41 Å². The SMILES string of the molecule is COC1CCCC(CN)(N2CCC(C)(C)C2)C1. The second kappa shape index (κ2) is 4.87. The van der Waals surface area contributed by atoms with Crippen molar-refractivity contribution in [2.24, 2.45) is 11.1 Å². The first-order chi connectivity index (χ1) is 8.01. The number of likely N-dealkylation sites (tertiary alicyclic amines) is 1. The van der Waals surface area contributed by atoms with Crippen molar-refractivity contribution in [3.63, 3.8) is 0 Å². The zero-order chi connectivity index (χ0) is 12.5. The Hall–Kier alpha value is -0.120. The van der Waals surface area contributed by atoms with Gasteiger partial charge in [0.1, 0.15) is 0 Å². The Labute approximate surface area is 106 Å². The quantitative estimate of drug-likeness (QED) is 0.820. The lowest BCUT2D eigenvalue weighted by Gasteiger charge is -2.46. The molecule has 1 saturated heterocycles. The van der Waals surface area contributed by atoms with Gasteiger partial charge in [0.15, 0.2) is 0 Å². The minimum Gasteiger partial charge on any atom is -0.381 e. The molecule has 0 radical (unpaired) electrons. The van der Waals surface area contributed by atoms with Gasteiger partial charge in [-0.2, -0.15) is 0 Å². The van der Waals surface area contributed by atoms with E-state index in [-0.39, 0.29) is 5.54 Å². The Kier molecular flexibility index (Phi) is 3.81. The van der Waals surface area contributed by atoms with E-state index in [1.54, 1.807) is 0 Å². The predicted molar refractivity (Wildman–Crippen MR) is 71.0 cm³/mol. The van der Waals surface area contributed by atoms with Gasteiger partial charge in [0.05, 0.1) is 6.10 Å².